The first-order chi connectivity index (χ1) is 8.17. The molecule has 1 nitrogen and oxygen atoms in total. The smallest absolute Gasteiger partial charge is 0.123 e. The molecule has 0 spiro atoms. The van der Waals surface area contributed by atoms with Crippen LogP contribution in [-0.4, -0.2) is 13.1 Å². The monoisotopic (exact) mass is 237 g/mol. The summed E-state index contributed by atoms with van der Waals surface area (Å²) in [5, 5.41) is 3.46. The van der Waals surface area contributed by atoms with Gasteiger partial charge in [-0.1, -0.05) is 26.3 Å². The maximum atomic E-state index is 13.0. The Kier molecular flexibility index (Phi) is 6.20. The number of hydrogen-bond acceptors (Lipinski definition) is 1. The van der Waals surface area contributed by atoms with Crippen LogP contribution in [-0.2, 0) is 6.42 Å². The first kappa shape index (κ1) is 14.2. The fourth-order valence-corrected chi connectivity index (χ4v) is 2.04. The molecule has 1 atom stereocenters. The molecule has 0 heterocycles. The Labute approximate surface area is 104 Å². The lowest BCUT2D eigenvalue weighted by molar-refractivity contribution is 0.459. The van der Waals surface area contributed by atoms with Gasteiger partial charge >= 0.3 is 0 Å². The fourth-order valence-electron chi connectivity index (χ4n) is 2.04. The van der Waals surface area contributed by atoms with Crippen LogP contribution in [0.15, 0.2) is 18.2 Å². The second-order valence-electron chi connectivity index (χ2n) is 4.75. The van der Waals surface area contributed by atoms with Crippen LogP contribution in [0, 0.1) is 18.7 Å². The molecule has 0 fully saturated rings. The Morgan fingerprint density at radius 1 is 1.29 bits per heavy atom. The standard InChI is InChI=1S/C15H24FN/c1-4-8-17-11-13(5-2)10-14-6-7-15(16)9-12(14)3/h6-7,9,13,17H,4-5,8,10-11H2,1-3H3. The average molecular weight is 237 g/mol. The highest BCUT2D eigenvalue weighted by Gasteiger charge is 2.09. The van der Waals surface area contributed by atoms with Gasteiger partial charge in [-0.2, -0.15) is 0 Å². The molecular formula is C15H24FN. The first-order valence-corrected chi connectivity index (χ1v) is 6.63. The lowest BCUT2D eigenvalue weighted by Crippen LogP contribution is -2.24. The number of rotatable bonds is 7. The molecule has 1 N–H and O–H groups in total. The Morgan fingerprint density at radius 3 is 2.65 bits per heavy atom. The number of halogens is 1. The summed E-state index contributed by atoms with van der Waals surface area (Å²) in [4.78, 5) is 0. The summed E-state index contributed by atoms with van der Waals surface area (Å²) >= 11 is 0. The van der Waals surface area contributed by atoms with Gasteiger partial charge in [0.25, 0.3) is 0 Å². The lowest BCUT2D eigenvalue weighted by atomic mass is 9.94. The Balaban J connectivity index is 2.54. The van der Waals surface area contributed by atoms with Crippen molar-refractivity contribution in [2.75, 3.05) is 13.1 Å². The molecular weight excluding hydrogens is 213 g/mol. The van der Waals surface area contributed by atoms with Crippen LogP contribution in [0.1, 0.15) is 37.8 Å². The van der Waals surface area contributed by atoms with Crippen molar-refractivity contribution in [3.8, 4) is 0 Å². The maximum absolute atomic E-state index is 13.0. The van der Waals surface area contributed by atoms with Crippen LogP contribution in [0.5, 0.6) is 0 Å². The molecule has 1 rings (SSSR count). The van der Waals surface area contributed by atoms with Gasteiger partial charge in [-0.3, -0.25) is 0 Å². The molecule has 0 aliphatic carbocycles. The van der Waals surface area contributed by atoms with Crippen molar-refractivity contribution in [3.05, 3.63) is 35.1 Å². The summed E-state index contributed by atoms with van der Waals surface area (Å²) in [6.45, 7) is 8.53. The highest BCUT2D eigenvalue weighted by molar-refractivity contribution is 5.26. The van der Waals surface area contributed by atoms with E-state index in [1.807, 2.05) is 13.0 Å². The van der Waals surface area contributed by atoms with Gasteiger partial charge < -0.3 is 5.32 Å². The van der Waals surface area contributed by atoms with E-state index in [-0.39, 0.29) is 5.82 Å². The van der Waals surface area contributed by atoms with Crippen molar-refractivity contribution < 1.29 is 4.39 Å². The molecule has 96 valence electrons. The van der Waals surface area contributed by atoms with Gasteiger partial charge in [-0.25, -0.2) is 4.39 Å². The summed E-state index contributed by atoms with van der Waals surface area (Å²) in [6.07, 6.45) is 3.37. The summed E-state index contributed by atoms with van der Waals surface area (Å²) in [6, 6.07) is 5.11. The average Bonchev–Trinajstić information content (AvgIpc) is 2.31. The molecule has 1 aromatic carbocycles. The molecule has 0 bridgehead atoms. The van der Waals surface area contributed by atoms with Crippen LogP contribution >= 0.6 is 0 Å². The molecule has 0 aliphatic rings. The predicted molar refractivity (Wildman–Crippen MR) is 71.8 cm³/mol. The third-order valence-electron chi connectivity index (χ3n) is 3.25. The van der Waals surface area contributed by atoms with Crippen molar-refractivity contribution in [1.82, 2.24) is 5.32 Å². The molecule has 2 heteroatoms. The normalized spacial score (nSPS) is 12.7. The Hall–Kier alpha value is -0.890. The minimum atomic E-state index is -0.136. The summed E-state index contributed by atoms with van der Waals surface area (Å²) in [5.41, 5.74) is 2.34. The zero-order chi connectivity index (χ0) is 12.7. The molecule has 0 amide bonds. The zero-order valence-electron chi connectivity index (χ0n) is 11.2. The molecule has 0 saturated carbocycles. The number of nitrogens with one attached hydrogen (secondary N) is 1. The molecule has 1 unspecified atom stereocenters. The van der Waals surface area contributed by atoms with Gasteiger partial charge in [-0.15, -0.1) is 0 Å². The topological polar surface area (TPSA) is 12.0 Å². The van der Waals surface area contributed by atoms with E-state index >= 15 is 0 Å². The van der Waals surface area contributed by atoms with Crippen LogP contribution in [0.3, 0.4) is 0 Å². The van der Waals surface area contributed by atoms with E-state index in [0.717, 1.165) is 31.5 Å². The van der Waals surface area contributed by atoms with Crippen molar-refractivity contribution >= 4 is 0 Å². The minimum Gasteiger partial charge on any atom is -0.316 e. The van der Waals surface area contributed by atoms with Crippen molar-refractivity contribution in [1.29, 1.82) is 0 Å². The molecule has 0 radical (unpaired) electrons. The molecule has 0 saturated heterocycles. The molecule has 0 aromatic heterocycles. The quantitative estimate of drug-likeness (QED) is 0.713. The van der Waals surface area contributed by atoms with Gasteiger partial charge in [0.15, 0.2) is 0 Å². The Bertz CT molecular complexity index is 336. The minimum absolute atomic E-state index is 0.136. The highest BCUT2D eigenvalue weighted by atomic mass is 19.1. The van der Waals surface area contributed by atoms with E-state index < -0.39 is 0 Å². The Morgan fingerprint density at radius 2 is 2.06 bits per heavy atom. The second-order valence-corrected chi connectivity index (χ2v) is 4.75. The van der Waals surface area contributed by atoms with Crippen molar-refractivity contribution in [2.24, 2.45) is 5.92 Å². The van der Waals surface area contributed by atoms with Gasteiger partial charge in [0, 0.05) is 0 Å². The van der Waals surface area contributed by atoms with Gasteiger partial charge in [0.05, 0.1) is 0 Å². The largest absolute Gasteiger partial charge is 0.316 e. The van der Waals surface area contributed by atoms with E-state index in [1.54, 1.807) is 12.1 Å². The number of aryl methyl sites for hydroxylation is 1. The van der Waals surface area contributed by atoms with E-state index in [2.05, 4.69) is 19.2 Å². The van der Waals surface area contributed by atoms with E-state index in [9.17, 15) is 4.39 Å². The van der Waals surface area contributed by atoms with Gasteiger partial charge in [0.2, 0.25) is 0 Å². The van der Waals surface area contributed by atoms with Crippen molar-refractivity contribution in [2.45, 2.75) is 40.0 Å². The second kappa shape index (κ2) is 7.44. The third kappa shape index (κ3) is 4.86. The molecule has 0 aliphatic heterocycles. The first-order valence-electron chi connectivity index (χ1n) is 6.63. The van der Waals surface area contributed by atoms with E-state index in [4.69, 9.17) is 0 Å². The zero-order valence-corrected chi connectivity index (χ0v) is 11.2. The maximum Gasteiger partial charge on any atom is 0.123 e. The van der Waals surface area contributed by atoms with Crippen LogP contribution in [0.2, 0.25) is 0 Å². The van der Waals surface area contributed by atoms with Crippen LogP contribution in [0.25, 0.3) is 0 Å². The van der Waals surface area contributed by atoms with Crippen LogP contribution in [0.4, 0.5) is 4.39 Å². The lowest BCUT2D eigenvalue weighted by Gasteiger charge is -2.17. The summed E-state index contributed by atoms with van der Waals surface area (Å²) < 4.78 is 13.0. The highest BCUT2D eigenvalue weighted by Crippen LogP contribution is 2.16. The number of benzene rings is 1. The van der Waals surface area contributed by atoms with Crippen LogP contribution < -0.4 is 5.32 Å². The number of hydrogen-bond donors (Lipinski definition) is 1. The van der Waals surface area contributed by atoms with E-state index in [1.165, 1.54) is 12.0 Å². The van der Waals surface area contributed by atoms with Crippen molar-refractivity contribution in [3.63, 3.8) is 0 Å². The van der Waals surface area contributed by atoms with Gasteiger partial charge in [-0.05, 0) is 62.0 Å². The molecule has 17 heavy (non-hydrogen) atoms. The van der Waals surface area contributed by atoms with Gasteiger partial charge in [0.1, 0.15) is 5.82 Å². The summed E-state index contributed by atoms with van der Waals surface area (Å²) in [5.74, 6) is 0.508. The SMILES string of the molecule is CCCNCC(CC)Cc1ccc(F)cc1C. The third-order valence-corrected chi connectivity index (χ3v) is 3.25. The van der Waals surface area contributed by atoms with E-state index in [0.29, 0.717) is 5.92 Å². The fraction of sp³-hybridized carbons (Fsp3) is 0.600. The predicted octanol–water partition coefficient (Wildman–Crippen LogP) is 3.70. The summed E-state index contributed by atoms with van der Waals surface area (Å²) in [7, 11) is 0. The molecule has 1 aromatic rings.